The van der Waals surface area contributed by atoms with E-state index in [9.17, 15) is 24.3 Å². The molecule has 0 spiro atoms. The first-order chi connectivity index (χ1) is 20.4. The Morgan fingerprint density at radius 2 is 1.86 bits per heavy atom. The topological polar surface area (TPSA) is 154 Å². The molecule has 2 amide bonds. The monoisotopic (exact) mass is 685 g/mol. The molecule has 43 heavy (non-hydrogen) atoms. The molecule has 1 fully saturated rings. The molecule has 1 aromatic carbocycles. The maximum Gasteiger partial charge on any atom is 0.352 e. The van der Waals surface area contributed by atoms with E-state index in [1.165, 1.54) is 40.2 Å². The lowest BCUT2D eigenvalue weighted by Gasteiger charge is -2.49. The predicted molar refractivity (Wildman–Crippen MR) is 169 cm³/mol. The molecule has 10 nitrogen and oxygen atoms in total. The van der Waals surface area contributed by atoms with Gasteiger partial charge in [-0.15, -0.1) is 35.3 Å². The number of carbonyl (C=O) groups is 4. The first-order valence-corrected chi connectivity index (χ1v) is 17.0. The first kappa shape index (κ1) is 33.5. The quantitative estimate of drug-likeness (QED) is 0.139. The second-order valence-electron chi connectivity index (χ2n) is 10.1. The third-order valence-electron chi connectivity index (χ3n) is 7.00. The number of aromatic nitrogens is 1. The fourth-order valence-corrected chi connectivity index (χ4v) is 8.69. The van der Waals surface area contributed by atoms with Crippen molar-refractivity contribution in [3.05, 3.63) is 63.0 Å². The van der Waals surface area contributed by atoms with E-state index in [0.717, 1.165) is 16.3 Å². The van der Waals surface area contributed by atoms with Crippen molar-refractivity contribution in [3.63, 3.8) is 0 Å². The zero-order chi connectivity index (χ0) is 31.4. The van der Waals surface area contributed by atoms with Crippen molar-refractivity contribution in [1.82, 2.24) is 10.2 Å². The third kappa shape index (κ3) is 8.00. The number of rotatable bonds is 13. The number of hydrogen-bond donors (Lipinski definition) is 4. The summed E-state index contributed by atoms with van der Waals surface area (Å²) < 4.78 is 2.09. The first-order valence-electron chi connectivity index (χ1n) is 13.3. The van der Waals surface area contributed by atoms with Crippen LogP contribution in [0.5, 0.6) is 0 Å². The van der Waals surface area contributed by atoms with Gasteiger partial charge in [-0.3, -0.25) is 19.3 Å². The minimum absolute atomic E-state index is 0.0243. The molecular weight excluding hydrogens is 655 g/mol. The summed E-state index contributed by atoms with van der Waals surface area (Å²) >= 11 is 16.3. The molecule has 0 bridgehead atoms. The number of carboxylic acid groups (broad SMARTS) is 2. The maximum absolute atomic E-state index is 13.0. The van der Waals surface area contributed by atoms with Crippen LogP contribution in [0.1, 0.15) is 24.2 Å². The minimum atomic E-state index is -1.18. The van der Waals surface area contributed by atoms with E-state index >= 15 is 0 Å². The van der Waals surface area contributed by atoms with Crippen LogP contribution in [0.15, 0.2) is 51.4 Å². The Labute approximate surface area is 271 Å². The molecule has 0 radical (unpaired) electrons. The number of carboxylic acids is 2. The molecule has 5 N–H and O–H groups in total. The number of thioether (sulfide) groups is 3. The summed E-state index contributed by atoms with van der Waals surface area (Å²) in [5.74, 6) is -2.18. The fourth-order valence-electron chi connectivity index (χ4n) is 4.83. The van der Waals surface area contributed by atoms with Crippen molar-refractivity contribution in [1.29, 1.82) is 0 Å². The fraction of sp³-hybridized carbons (Fsp3) is 0.393. The molecule has 4 rings (SSSR count). The summed E-state index contributed by atoms with van der Waals surface area (Å²) in [5, 5.41) is 22.2. The van der Waals surface area contributed by atoms with Crippen LogP contribution >= 0.6 is 58.5 Å². The summed E-state index contributed by atoms with van der Waals surface area (Å²) in [6.45, 7) is 4.57. The Kier molecular flexibility index (Phi) is 11.3. The van der Waals surface area contributed by atoms with Crippen LogP contribution in [0.4, 0.5) is 0 Å². The maximum atomic E-state index is 13.0. The number of halogens is 2. The molecule has 3 heterocycles. The van der Waals surface area contributed by atoms with Gasteiger partial charge in [0.05, 0.1) is 10.8 Å². The Bertz CT molecular complexity index is 1470. The van der Waals surface area contributed by atoms with Gasteiger partial charge >= 0.3 is 11.9 Å². The zero-order valence-electron chi connectivity index (χ0n) is 23.3. The number of aryl methyl sites for hydroxylation is 2. The second kappa shape index (κ2) is 14.6. The number of amides is 2. The highest BCUT2D eigenvalue weighted by Gasteiger charge is 2.54. The number of β-lactam (4-membered cyclic amide) rings is 1. The van der Waals surface area contributed by atoms with Crippen molar-refractivity contribution < 1.29 is 34.0 Å². The Balaban J connectivity index is 1.36. The van der Waals surface area contributed by atoms with Crippen molar-refractivity contribution >= 4 is 82.2 Å². The van der Waals surface area contributed by atoms with E-state index < -0.39 is 35.3 Å². The Hall–Kier alpha value is -2.42. The molecular formula is C28H31Cl2N4O6S3+. The van der Waals surface area contributed by atoms with E-state index in [0.29, 0.717) is 51.4 Å². The van der Waals surface area contributed by atoms with Gasteiger partial charge in [-0.25, -0.2) is 9.36 Å². The lowest BCUT2D eigenvalue weighted by Crippen LogP contribution is -2.70. The van der Waals surface area contributed by atoms with Crippen molar-refractivity contribution in [2.24, 2.45) is 5.73 Å². The average molecular weight is 687 g/mol. The van der Waals surface area contributed by atoms with Crippen molar-refractivity contribution in [2.45, 2.75) is 60.5 Å². The van der Waals surface area contributed by atoms with E-state index in [-0.39, 0.29) is 17.4 Å². The molecule has 2 aliphatic heterocycles. The van der Waals surface area contributed by atoms with Crippen LogP contribution in [-0.4, -0.2) is 73.6 Å². The Morgan fingerprint density at radius 1 is 1.16 bits per heavy atom. The summed E-state index contributed by atoms with van der Waals surface area (Å²) in [4.78, 5) is 51.8. The summed E-state index contributed by atoms with van der Waals surface area (Å²) in [6, 6.07) is 7.27. The number of benzene rings is 1. The summed E-state index contributed by atoms with van der Waals surface area (Å²) in [7, 11) is 0. The number of hydrogen-bond acceptors (Lipinski definition) is 8. The van der Waals surface area contributed by atoms with E-state index in [4.69, 9.17) is 34.0 Å². The van der Waals surface area contributed by atoms with Crippen LogP contribution < -0.4 is 15.6 Å². The smallest absolute Gasteiger partial charge is 0.352 e. The van der Waals surface area contributed by atoms with Gasteiger partial charge < -0.3 is 21.3 Å². The van der Waals surface area contributed by atoms with E-state index in [2.05, 4.69) is 9.88 Å². The van der Waals surface area contributed by atoms with E-state index in [1.54, 1.807) is 18.2 Å². The standard InChI is InChI=1S/C28H30Cl2N4O6S3/c1-14-8-18(9-15(2)33(14)7-3-4-20(31)27(37)38)41-11-16-12-43-26-23(25(36)34(26)24(16)28(39)40)32-22(35)13-42-21-10-17(29)5-6-19(21)30/h5-6,8-10,20,23,26H,3-4,7,11-13,31H2,1-2H3,(H2-,32,35,37,38,39,40)/p+1/t20-,23-,26+/m0/s1. The summed E-state index contributed by atoms with van der Waals surface area (Å²) in [5.41, 5.74) is 8.20. The molecule has 3 atom stereocenters. The van der Waals surface area contributed by atoms with Gasteiger partial charge in [0.2, 0.25) is 5.91 Å². The van der Waals surface area contributed by atoms with Gasteiger partial charge in [-0.05, 0) is 30.2 Å². The van der Waals surface area contributed by atoms with Crippen LogP contribution in [0.25, 0.3) is 0 Å². The van der Waals surface area contributed by atoms with Crippen molar-refractivity contribution in [2.75, 3.05) is 17.3 Å². The molecule has 2 aromatic rings. The normalized spacial score (nSPS) is 18.6. The minimum Gasteiger partial charge on any atom is -0.480 e. The van der Waals surface area contributed by atoms with Crippen LogP contribution in [0.3, 0.4) is 0 Å². The van der Waals surface area contributed by atoms with Crippen LogP contribution in [0, 0.1) is 13.8 Å². The molecule has 15 heteroatoms. The van der Waals surface area contributed by atoms with Gasteiger partial charge in [0.25, 0.3) is 5.91 Å². The highest BCUT2D eigenvalue weighted by atomic mass is 35.5. The van der Waals surface area contributed by atoms with Crippen LogP contribution in [-0.2, 0) is 25.7 Å². The second-order valence-corrected chi connectivity index (χ2v) is 14.1. The highest BCUT2D eigenvalue weighted by molar-refractivity contribution is 8.01. The summed E-state index contributed by atoms with van der Waals surface area (Å²) in [6.07, 6.45) is 0.999. The number of pyridine rings is 1. The SMILES string of the molecule is Cc1cc(SCC2=C(C(=O)O)N3C(=O)[C@H](NC(=O)CSc4cc(Cl)ccc4Cl)[C@H]3SC2)cc(C)[n+]1CCC[C@H](N)C(=O)O. The molecule has 0 unspecified atom stereocenters. The molecule has 1 aromatic heterocycles. The number of nitrogens with zero attached hydrogens (tertiary/aromatic N) is 2. The molecule has 1 saturated heterocycles. The number of nitrogens with one attached hydrogen (secondary N) is 1. The lowest BCUT2D eigenvalue weighted by atomic mass is 10.0. The molecule has 230 valence electrons. The molecule has 2 aliphatic rings. The van der Waals surface area contributed by atoms with Gasteiger partial charge in [0.1, 0.15) is 29.7 Å². The largest absolute Gasteiger partial charge is 0.480 e. The van der Waals surface area contributed by atoms with Crippen molar-refractivity contribution in [3.8, 4) is 0 Å². The predicted octanol–water partition coefficient (Wildman–Crippen LogP) is 3.71. The number of carbonyl (C=O) groups excluding carboxylic acids is 2. The number of fused-ring (bicyclic) bond motifs is 1. The molecule has 0 aliphatic carbocycles. The van der Waals surface area contributed by atoms with Gasteiger partial charge in [0, 0.05) is 58.7 Å². The van der Waals surface area contributed by atoms with Gasteiger partial charge in [-0.2, -0.15) is 0 Å². The number of nitrogens with two attached hydrogens (primary N) is 1. The van der Waals surface area contributed by atoms with Gasteiger partial charge in [-0.1, -0.05) is 23.2 Å². The average Bonchev–Trinajstić information content (AvgIpc) is 2.95. The third-order valence-corrected chi connectivity index (χ3v) is 11.1. The van der Waals surface area contributed by atoms with E-state index in [1.807, 2.05) is 26.0 Å². The zero-order valence-corrected chi connectivity index (χ0v) is 27.3. The Morgan fingerprint density at radius 3 is 2.51 bits per heavy atom. The lowest BCUT2D eigenvalue weighted by molar-refractivity contribution is -0.709. The van der Waals surface area contributed by atoms with Gasteiger partial charge in [0.15, 0.2) is 11.4 Å². The van der Waals surface area contributed by atoms with Crippen LogP contribution in [0.2, 0.25) is 10.0 Å². The number of aliphatic carboxylic acids is 2. The highest BCUT2D eigenvalue weighted by Crippen LogP contribution is 2.42. The molecule has 0 saturated carbocycles.